The van der Waals surface area contributed by atoms with E-state index in [-0.39, 0.29) is 23.3 Å². The topological polar surface area (TPSA) is 135 Å². The van der Waals surface area contributed by atoms with E-state index in [0.29, 0.717) is 34.2 Å². The summed E-state index contributed by atoms with van der Waals surface area (Å²) in [6, 6.07) is 12.9. The molecule has 0 aliphatic carbocycles. The Morgan fingerprint density at radius 3 is 2.42 bits per heavy atom. The van der Waals surface area contributed by atoms with Crippen LogP contribution in [0, 0.1) is 0 Å². The molecule has 174 valence electrons. The largest absolute Gasteiger partial charge is 0.325 e. The highest BCUT2D eigenvalue weighted by Gasteiger charge is 2.12. The number of nitrogens with one attached hydrogen (secondary N) is 3. The standard InChI is InChI=1S/C21H24N6O4S2/c1-3-11-33(30,31)26-17-9-7-16(8-10-17)24-20(29)15-5-4-6-18(12-15)23-19(28)13-32-21-25-22-14-27(21)2/h4-10,12,14,26H,3,11,13H2,1-2H3,(H,23,28)(H,24,29). The van der Waals surface area contributed by atoms with E-state index in [9.17, 15) is 18.0 Å². The van der Waals surface area contributed by atoms with Gasteiger partial charge < -0.3 is 15.2 Å². The zero-order chi connectivity index (χ0) is 23.8. The van der Waals surface area contributed by atoms with E-state index in [0.717, 1.165) is 0 Å². The van der Waals surface area contributed by atoms with Crippen LogP contribution in [0.4, 0.5) is 17.1 Å². The maximum Gasteiger partial charge on any atom is 0.255 e. The van der Waals surface area contributed by atoms with Gasteiger partial charge in [-0.15, -0.1) is 10.2 Å². The van der Waals surface area contributed by atoms with Gasteiger partial charge in [0, 0.05) is 29.7 Å². The average Bonchev–Trinajstić information content (AvgIpc) is 3.18. The van der Waals surface area contributed by atoms with E-state index in [1.807, 2.05) is 0 Å². The van der Waals surface area contributed by atoms with Gasteiger partial charge in [0.15, 0.2) is 5.16 Å². The minimum Gasteiger partial charge on any atom is -0.325 e. The van der Waals surface area contributed by atoms with Gasteiger partial charge in [-0.05, 0) is 48.9 Å². The van der Waals surface area contributed by atoms with Crippen molar-refractivity contribution in [1.82, 2.24) is 14.8 Å². The maximum absolute atomic E-state index is 12.6. The Morgan fingerprint density at radius 2 is 1.76 bits per heavy atom. The summed E-state index contributed by atoms with van der Waals surface area (Å²) in [5.74, 6) is -0.408. The van der Waals surface area contributed by atoms with Crippen LogP contribution in [0.1, 0.15) is 23.7 Å². The van der Waals surface area contributed by atoms with Crippen molar-refractivity contribution in [3.05, 3.63) is 60.4 Å². The molecule has 0 bridgehead atoms. The summed E-state index contributed by atoms with van der Waals surface area (Å²) in [4.78, 5) is 24.8. The fourth-order valence-electron chi connectivity index (χ4n) is 2.79. The summed E-state index contributed by atoms with van der Waals surface area (Å²) in [7, 11) is -1.59. The van der Waals surface area contributed by atoms with Gasteiger partial charge >= 0.3 is 0 Å². The summed E-state index contributed by atoms with van der Waals surface area (Å²) in [6.45, 7) is 1.79. The molecule has 3 aromatic rings. The number of rotatable bonds is 10. The molecule has 0 aliphatic rings. The van der Waals surface area contributed by atoms with Crippen LogP contribution in [-0.4, -0.2) is 46.5 Å². The van der Waals surface area contributed by atoms with Crippen molar-refractivity contribution in [2.24, 2.45) is 7.05 Å². The van der Waals surface area contributed by atoms with Gasteiger partial charge in [0.1, 0.15) is 6.33 Å². The lowest BCUT2D eigenvalue weighted by molar-refractivity contribution is -0.113. The molecule has 33 heavy (non-hydrogen) atoms. The Kier molecular flexibility index (Phi) is 8.06. The molecule has 0 radical (unpaired) electrons. The van der Waals surface area contributed by atoms with Crippen LogP contribution in [0.2, 0.25) is 0 Å². The third-order valence-electron chi connectivity index (χ3n) is 4.30. The number of thioether (sulfide) groups is 1. The third-order valence-corrected chi connectivity index (χ3v) is 6.83. The van der Waals surface area contributed by atoms with Crippen molar-refractivity contribution in [2.75, 3.05) is 26.9 Å². The number of aromatic nitrogens is 3. The first-order valence-electron chi connectivity index (χ1n) is 10.0. The first kappa shape index (κ1) is 24.3. The summed E-state index contributed by atoms with van der Waals surface area (Å²) in [5, 5.41) is 13.8. The zero-order valence-corrected chi connectivity index (χ0v) is 19.7. The molecule has 0 aliphatic heterocycles. The quantitative estimate of drug-likeness (QED) is 0.373. The molecule has 0 saturated carbocycles. The van der Waals surface area contributed by atoms with Crippen LogP contribution in [0.15, 0.2) is 60.0 Å². The minimum absolute atomic E-state index is 0.0390. The fourth-order valence-corrected chi connectivity index (χ4v) is 4.62. The van der Waals surface area contributed by atoms with E-state index >= 15 is 0 Å². The molecule has 2 amide bonds. The molecule has 0 unspecified atom stereocenters. The second-order valence-corrected chi connectivity index (χ2v) is 9.88. The van der Waals surface area contributed by atoms with Crippen molar-refractivity contribution < 1.29 is 18.0 Å². The highest BCUT2D eigenvalue weighted by atomic mass is 32.2. The van der Waals surface area contributed by atoms with Gasteiger partial charge in [0.05, 0.1) is 11.5 Å². The minimum atomic E-state index is -3.38. The van der Waals surface area contributed by atoms with Crippen LogP contribution < -0.4 is 15.4 Å². The van der Waals surface area contributed by atoms with E-state index in [1.165, 1.54) is 11.8 Å². The smallest absolute Gasteiger partial charge is 0.255 e. The molecule has 10 nitrogen and oxygen atoms in total. The fraction of sp³-hybridized carbons (Fsp3) is 0.238. The Morgan fingerprint density at radius 1 is 1.03 bits per heavy atom. The molecule has 0 spiro atoms. The Labute approximate surface area is 196 Å². The summed E-state index contributed by atoms with van der Waals surface area (Å²) in [5.41, 5.74) is 1.78. The second-order valence-electron chi connectivity index (χ2n) is 7.09. The van der Waals surface area contributed by atoms with Crippen LogP contribution in [-0.2, 0) is 21.9 Å². The first-order valence-corrected chi connectivity index (χ1v) is 12.7. The third kappa shape index (κ3) is 7.32. The van der Waals surface area contributed by atoms with Crippen LogP contribution in [0.25, 0.3) is 0 Å². The summed E-state index contributed by atoms with van der Waals surface area (Å²) < 4.78 is 27.9. The number of aryl methyl sites for hydroxylation is 1. The summed E-state index contributed by atoms with van der Waals surface area (Å²) in [6.07, 6.45) is 2.07. The molecule has 3 N–H and O–H groups in total. The van der Waals surface area contributed by atoms with Crippen molar-refractivity contribution in [3.63, 3.8) is 0 Å². The number of amides is 2. The predicted octanol–water partition coefficient (Wildman–Crippen LogP) is 2.95. The Bertz CT molecular complexity index is 1230. The van der Waals surface area contributed by atoms with Gasteiger partial charge in [0.2, 0.25) is 15.9 Å². The molecule has 12 heteroatoms. The number of benzene rings is 2. The maximum atomic E-state index is 12.6. The Balaban J connectivity index is 1.56. The van der Waals surface area contributed by atoms with Gasteiger partial charge in [0.25, 0.3) is 5.91 Å². The monoisotopic (exact) mass is 488 g/mol. The highest BCUT2D eigenvalue weighted by molar-refractivity contribution is 7.99. The van der Waals surface area contributed by atoms with Crippen molar-refractivity contribution in [3.8, 4) is 0 Å². The molecule has 3 rings (SSSR count). The molecule has 2 aromatic carbocycles. The van der Waals surface area contributed by atoms with Crippen molar-refractivity contribution in [2.45, 2.75) is 18.5 Å². The van der Waals surface area contributed by atoms with Crippen LogP contribution >= 0.6 is 11.8 Å². The van der Waals surface area contributed by atoms with E-state index in [1.54, 1.807) is 73.4 Å². The van der Waals surface area contributed by atoms with Gasteiger partial charge in [-0.3, -0.25) is 14.3 Å². The molecule has 0 fully saturated rings. The molecule has 1 heterocycles. The van der Waals surface area contributed by atoms with E-state index in [4.69, 9.17) is 0 Å². The number of carbonyl (C=O) groups excluding carboxylic acids is 2. The number of sulfonamides is 1. The van der Waals surface area contributed by atoms with Gasteiger partial charge in [-0.1, -0.05) is 24.8 Å². The lowest BCUT2D eigenvalue weighted by Gasteiger charge is -2.10. The SMILES string of the molecule is CCCS(=O)(=O)Nc1ccc(NC(=O)c2cccc(NC(=O)CSc3nncn3C)c2)cc1. The predicted molar refractivity (Wildman–Crippen MR) is 129 cm³/mol. The molecular weight excluding hydrogens is 464 g/mol. The van der Waals surface area contributed by atoms with Crippen molar-refractivity contribution in [1.29, 1.82) is 0 Å². The molecule has 1 aromatic heterocycles. The van der Waals surface area contributed by atoms with Gasteiger partial charge in [-0.2, -0.15) is 0 Å². The number of nitrogens with zero attached hydrogens (tertiary/aromatic N) is 3. The first-order chi connectivity index (χ1) is 15.8. The second kappa shape index (κ2) is 11.0. The van der Waals surface area contributed by atoms with E-state index in [2.05, 4.69) is 25.6 Å². The van der Waals surface area contributed by atoms with Gasteiger partial charge in [-0.25, -0.2) is 8.42 Å². The number of anilines is 3. The van der Waals surface area contributed by atoms with Crippen molar-refractivity contribution >= 4 is 50.7 Å². The number of carbonyl (C=O) groups is 2. The summed E-state index contributed by atoms with van der Waals surface area (Å²) >= 11 is 1.26. The zero-order valence-electron chi connectivity index (χ0n) is 18.1. The normalized spacial score (nSPS) is 11.1. The number of hydrogen-bond donors (Lipinski definition) is 3. The molecule has 0 saturated heterocycles. The lowest BCUT2D eigenvalue weighted by atomic mass is 10.1. The molecule has 0 atom stereocenters. The molecular formula is C21H24N6O4S2. The Hall–Kier alpha value is -3.38. The van der Waals surface area contributed by atoms with Crippen LogP contribution in [0.3, 0.4) is 0 Å². The van der Waals surface area contributed by atoms with E-state index < -0.39 is 10.0 Å². The average molecular weight is 489 g/mol. The lowest BCUT2D eigenvalue weighted by Crippen LogP contribution is -2.17. The van der Waals surface area contributed by atoms with Crippen LogP contribution in [0.5, 0.6) is 0 Å². The highest BCUT2D eigenvalue weighted by Crippen LogP contribution is 2.18. The number of hydrogen-bond acceptors (Lipinski definition) is 7.